The summed E-state index contributed by atoms with van der Waals surface area (Å²) in [5, 5.41) is 3.41. The Morgan fingerprint density at radius 1 is 1.00 bits per heavy atom. The molecule has 0 aliphatic carbocycles. The van der Waals surface area contributed by atoms with Gasteiger partial charge in [-0.3, -0.25) is 9.69 Å². The summed E-state index contributed by atoms with van der Waals surface area (Å²) in [6.07, 6.45) is 4.27. The summed E-state index contributed by atoms with van der Waals surface area (Å²) in [5.41, 5.74) is 4.16. The fourth-order valence-electron chi connectivity index (χ4n) is 5.33. The lowest BCUT2D eigenvalue weighted by atomic mass is 9.87. The molecule has 2 saturated heterocycles. The fraction of sp³-hybridized carbons (Fsp3) is 0.480. The molecule has 0 saturated carbocycles. The van der Waals surface area contributed by atoms with Gasteiger partial charge in [-0.1, -0.05) is 18.2 Å². The van der Waals surface area contributed by atoms with Crippen molar-refractivity contribution < 1.29 is 13.6 Å². The highest BCUT2D eigenvalue weighted by molar-refractivity contribution is 5.98. The van der Waals surface area contributed by atoms with Crippen molar-refractivity contribution in [1.82, 2.24) is 15.1 Å². The summed E-state index contributed by atoms with van der Waals surface area (Å²) < 4.78 is 26.6. The van der Waals surface area contributed by atoms with E-state index < -0.39 is 11.6 Å². The Kier molecular flexibility index (Phi) is 5.76. The van der Waals surface area contributed by atoms with Crippen LogP contribution < -0.4 is 5.32 Å². The molecule has 3 heterocycles. The van der Waals surface area contributed by atoms with E-state index in [1.807, 2.05) is 11.0 Å². The lowest BCUT2D eigenvalue weighted by Gasteiger charge is -2.32. The van der Waals surface area contributed by atoms with Gasteiger partial charge in [0, 0.05) is 31.2 Å². The molecule has 164 valence electrons. The molecule has 31 heavy (non-hydrogen) atoms. The highest BCUT2D eigenvalue weighted by Gasteiger charge is 2.34. The summed E-state index contributed by atoms with van der Waals surface area (Å²) >= 11 is 0. The van der Waals surface area contributed by atoms with Gasteiger partial charge in [-0.25, -0.2) is 8.78 Å². The van der Waals surface area contributed by atoms with Crippen LogP contribution >= 0.6 is 0 Å². The second kappa shape index (κ2) is 8.67. The molecule has 0 aromatic heterocycles. The summed E-state index contributed by atoms with van der Waals surface area (Å²) in [6, 6.07) is 10.9. The molecule has 2 fully saturated rings. The first kappa shape index (κ1) is 20.6. The van der Waals surface area contributed by atoms with Gasteiger partial charge in [0.1, 0.15) is 0 Å². The van der Waals surface area contributed by atoms with Gasteiger partial charge in [-0.15, -0.1) is 0 Å². The fourth-order valence-corrected chi connectivity index (χ4v) is 5.33. The maximum absolute atomic E-state index is 13.5. The van der Waals surface area contributed by atoms with Gasteiger partial charge < -0.3 is 10.2 Å². The molecule has 0 radical (unpaired) electrons. The number of fused-ring (bicyclic) bond motifs is 1. The number of nitrogens with one attached hydrogen (secondary N) is 1. The van der Waals surface area contributed by atoms with Crippen molar-refractivity contribution >= 4 is 5.91 Å². The van der Waals surface area contributed by atoms with E-state index in [2.05, 4.69) is 22.3 Å². The monoisotopic (exact) mass is 425 g/mol. The van der Waals surface area contributed by atoms with Crippen LogP contribution in [0.25, 0.3) is 0 Å². The van der Waals surface area contributed by atoms with Crippen molar-refractivity contribution in [3.05, 3.63) is 70.3 Å². The number of carbonyl (C=O) groups is 1. The van der Waals surface area contributed by atoms with Crippen LogP contribution in [0.2, 0.25) is 0 Å². The van der Waals surface area contributed by atoms with Gasteiger partial charge in [0.25, 0.3) is 5.91 Å². The topological polar surface area (TPSA) is 35.6 Å². The molecule has 3 aliphatic rings. The smallest absolute Gasteiger partial charge is 0.254 e. The molecular weight excluding hydrogens is 396 g/mol. The number of likely N-dealkylation sites (tertiary alicyclic amines) is 1. The number of piperidine rings is 2. The van der Waals surface area contributed by atoms with E-state index in [1.54, 1.807) is 6.07 Å². The third kappa shape index (κ3) is 4.23. The van der Waals surface area contributed by atoms with E-state index in [0.29, 0.717) is 18.5 Å². The first-order valence-corrected chi connectivity index (χ1v) is 11.4. The molecule has 2 aromatic carbocycles. The van der Waals surface area contributed by atoms with Crippen LogP contribution in [-0.2, 0) is 13.1 Å². The minimum Gasteiger partial charge on any atom is -0.330 e. The minimum absolute atomic E-state index is 0.177. The SMILES string of the molecule is O=C1c2ccc(C3CCN(Cc4ccc(F)c(F)c4)CC3)cc2CN1C1CCCNC1. The molecule has 6 heteroatoms. The normalized spacial score (nSPS) is 22.7. The van der Waals surface area contributed by atoms with Gasteiger partial charge in [0.2, 0.25) is 0 Å². The molecule has 3 aliphatic heterocycles. The van der Waals surface area contributed by atoms with Crippen LogP contribution in [0, 0.1) is 11.6 Å². The number of halogens is 2. The zero-order chi connectivity index (χ0) is 21.4. The summed E-state index contributed by atoms with van der Waals surface area (Å²) in [7, 11) is 0. The van der Waals surface area contributed by atoms with Gasteiger partial charge in [-0.05, 0) is 86.1 Å². The zero-order valence-electron chi connectivity index (χ0n) is 17.7. The Bertz CT molecular complexity index is 965. The average Bonchev–Trinajstić information content (AvgIpc) is 3.13. The number of amides is 1. The molecule has 5 rings (SSSR count). The third-order valence-corrected chi connectivity index (χ3v) is 7.12. The number of carbonyl (C=O) groups excluding carboxylic acids is 1. The second-order valence-corrected chi connectivity index (χ2v) is 9.15. The standard InChI is InChI=1S/C25H29F2N3O/c26-23-6-3-17(12-24(23)27)15-29-10-7-18(8-11-29)19-4-5-22-20(13-19)16-30(25(22)31)21-2-1-9-28-14-21/h3-6,12-13,18,21,28H,1-2,7-11,14-16H2. The van der Waals surface area contributed by atoms with Crippen molar-refractivity contribution in [2.45, 2.75) is 50.7 Å². The van der Waals surface area contributed by atoms with E-state index in [9.17, 15) is 13.6 Å². The number of benzene rings is 2. The molecule has 1 amide bonds. The van der Waals surface area contributed by atoms with Crippen LogP contribution in [0.1, 0.15) is 58.6 Å². The Morgan fingerprint density at radius 2 is 1.84 bits per heavy atom. The van der Waals surface area contributed by atoms with Crippen LogP contribution in [-0.4, -0.2) is 47.9 Å². The largest absolute Gasteiger partial charge is 0.330 e. The van der Waals surface area contributed by atoms with Crippen molar-refractivity contribution in [3.63, 3.8) is 0 Å². The predicted molar refractivity (Wildman–Crippen MR) is 116 cm³/mol. The van der Waals surface area contributed by atoms with Crippen LogP contribution in [0.5, 0.6) is 0 Å². The van der Waals surface area contributed by atoms with E-state index in [-0.39, 0.29) is 5.91 Å². The first-order valence-electron chi connectivity index (χ1n) is 11.4. The number of nitrogens with zero attached hydrogens (tertiary/aromatic N) is 2. The van der Waals surface area contributed by atoms with E-state index >= 15 is 0 Å². The molecule has 1 atom stereocenters. The maximum Gasteiger partial charge on any atom is 0.254 e. The first-order chi connectivity index (χ1) is 15.1. The highest BCUT2D eigenvalue weighted by atomic mass is 19.2. The Hall–Kier alpha value is -2.31. The van der Waals surface area contributed by atoms with E-state index in [0.717, 1.165) is 75.1 Å². The molecular formula is C25H29F2N3O. The molecule has 1 unspecified atom stereocenters. The van der Waals surface area contributed by atoms with E-state index in [4.69, 9.17) is 0 Å². The zero-order valence-corrected chi connectivity index (χ0v) is 17.7. The van der Waals surface area contributed by atoms with Crippen LogP contribution in [0.4, 0.5) is 8.78 Å². The minimum atomic E-state index is -0.795. The summed E-state index contributed by atoms with van der Waals surface area (Å²) in [4.78, 5) is 17.2. The van der Waals surface area contributed by atoms with Gasteiger partial charge in [-0.2, -0.15) is 0 Å². The predicted octanol–water partition coefficient (Wildman–Crippen LogP) is 4.05. The Labute approximate surface area is 182 Å². The van der Waals surface area contributed by atoms with Crippen molar-refractivity contribution in [1.29, 1.82) is 0 Å². The quantitative estimate of drug-likeness (QED) is 0.803. The van der Waals surface area contributed by atoms with E-state index in [1.165, 1.54) is 17.7 Å². The number of hydrogen-bond donors (Lipinski definition) is 1. The van der Waals surface area contributed by atoms with Crippen LogP contribution in [0.15, 0.2) is 36.4 Å². The van der Waals surface area contributed by atoms with Crippen molar-refractivity contribution in [3.8, 4) is 0 Å². The third-order valence-electron chi connectivity index (χ3n) is 7.12. The Balaban J connectivity index is 1.21. The average molecular weight is 426 g/mol. The molecule has 0 bridgehead atoms. The highest BCUT2D eigenvalue weighted by Crippen LogP contribution is 2.33. The molecule has 0 spiro atoms. The molecule has 4 nitrogen and oxygen atoms in total. The Morgan fingerprint density at radius 3 is 2.58 bits per heavy atom. The summed E-state index contributed by atoms with van der Waals surface area (Å²) in [5.74, 6) is -0.919. The van der Waals surface area contributed by atoms with Crippen molar-refractivity contribution in [2.75, 3.05) is 26.2 Å². The molecule has 1 N–H and O–H groups in total. The van der Waals surface area contributed by atoms with Gasteiger partial charge in [0.05, 0.1) is 0 Å². The van der Waals surface area contributed by atoms with Gasteiger partial charge >= 0.3 is 0 Å². The van der Waals surface area contributed by atoms with Gasteiger partial charge in [0.15, 0.2) is 11.6 Å². The second-order valence-electron chi connectivity index (χ2n) is 9.15. The molecule has 2 aromatic rings. The lowest BCUT2D eigenvalue weighted by molar-refractivity contribution is 0.0674. The van der Waals surface area contributed by atoms with Crippen LogP contribution in [0.3, 0.4) is 0 Å². The summed E-state index contributed by atoms with van der Waals surface area (Å²) in [6.45, 7) is 5.17. The number of rotatable bonds is 4. The van der Waals surface area contributed by atoms with Crippen molar-refractivity contribution in [2.24, 2.45) is 0 Å². The maximum atomic E-state index is 13.5. The lowest BCUT2D eigenvalue weighted by Crippen LogP contribution is -2.46. The number of hydrogen-bond acceptors (Lipinski definition) is 3.